The van der Waals surface area contributed by atoms with Gasteiger partial charge in [-0.2, -0.15) is 13.2 Å². The number of anilines is 1. The Morgan fingerprint density at radius 1 is 1.13 bits per heavy atom. The van der Waals surface area contributed by atoms with Crippen LogP contribution in [0.4, 0.5) is 24.5 Å². The zero-order chi connectivity index (χ0) is 21.7. The van der Waals surface area contributed by atoms with Crippen molar-refractivity contribution < 1.29 is 22.9 Å². The number of nitrogens with zero attached hydrogens (tertiary/aromatic N) is 4. The first kappa shape index (κ1) is 20.8. The zero-order valence-electron chi connectivity index (χ0n) is 15.3. The van der Waals surface area contributed by atoms with Gasteiger partial charge >= 0.3 is 6.18 Å². The standard InChI is InChI=1S/C18H15F3N6O3/c19-18(20,21)12-6-7-14(16(10-12)27(29)30)22-8-9-23-17(28)15-11-26(25-24-15)13-4-2-1-3-5-13/h1-7,10-11,22H,8-9H2,(H,23,28). The average molecular weight is 420 g/mol. The van der Waals surface area contributed by atoms with Gasteiger partial charge in [0, 0.05) is 19.2 Å². The first-order valence-corrected chi connectivity index (χ1v) is 8.61. The summed E-state index contributed by atoms with van der Waals surface area (Å²) in [6, 6.07) is 11.2. The Labute approximate surface area is 167 Å². The maximum Gasteiger partial charge on any atom is 0.416 e. The molecule has 1 aromatic heterocycles. The van der Waals surface area contributed by atoms with E-state index in [0.717, 1.165) is 17.8 Å². The monoisotopic (exact) mass is 420 g/mol. The molecule has 3 rings (SSSR count). The van der Waals surface area contributed by atoms with E-state index in [9.17, 15) is 28.1 Å². The van der Waals surface area contributed by atoms with Gasteiger partial charge in [0.1, 0.15) is 5.69 Å². The lowest BCUT2D eigenvalue weighted by atomic mass is 10.1. The zero-order valence-corrected chi connectivity index (χ0v) is 15.3. The number of aromatic nitrogens is 3. The Bertz CT molecular complexity index is 1050. The Morgan fingerprint density at radius 3 is 2.53 bits per heavy atom. The number of hydrogen-bond acceptors (Lipinski definition) is 6. The fraction of sp³-hybridized carbons (Fsp3) is 0.167. The number of nitrogens with one attached hydrogen (secondary N) is 2. The van der Waals surface area contributed by atoms with Crippen molar-refractivity contribution in [3.05, 3.63) is 76.1 Å². The second kappa shape index (κ2) is 8.59. The van der Waals surface area contributed by atoms with Gasteiger partial charge in [-0.15, -0.1) is 5.10 Å². The van der Waals surface area contributed by atoms with E-state index in [-0.39, 0.29) is 24.5 Å². The highest BCUT2D eigenvalue weighted by atomic mass is 19.4. The molecule has 0 aliphatic carbocycles. The average Bonchev–Trinajstić information content (AvgIpc) is 3.21. The van der Waals surface area contributed by atoms with Gasteiger partial charge in [0.05, 0.1) is 22.4 Å². The quantitative estimate of drug-likeness (QED) is 0.345. The second-order valence-electron chi connectivity index (χ2n) is 6.05. The molecule has 0 radical (unpaired) electrons. The normalized spacial score (nSPS) is 11.2. The lowest BCUT2D eigenvalue weighted by Gasteiger charge is -2.10. The summed E-state index contributed by atoms with van der Waals surface area (Å²) >= 11 is 0. The minimum absolute atomic E-state index is 0.0464. The summed E-state index contributed by atoms with van der Waals surface area (Å²) in [6.45, 7) is 0.0972. The van der Waals surface area contributed by atoms with Crippen LogP contribution in [0, 0.1) is 10.1 Å². The van der Waals surface area contributed by atoms with E-state index in [4.69, 9.17) is 0 Å². The molecule has 1 heterocycles. The maximum atomic E-state index is 12.7. The van der Waals surface area contributed by atoms with Crippen molar-refractivity contribution in [2.45, 2.75) is 6.18 Å². The fourth-order valence-electron chi connectivity index (χ4n) is 2.55. The molecule has 30 heavy (non-hydrogen) atoms. The van der Waals surface area contributed by atoms with Crippen molar-refractivity contribution in [1.82, 2.24) is 20.3 Å². The number of para-hydroxylation sites is 1. The number of nitro benzene ring substituents is 1. The van der Waals surface area contributed by atoms with Gasteiger partial charge in [0.2, 0.25) is 0 Å². The molecule has 156 valence electrons. The molecule has 3 aromatic rings. The Hall–Kier alpha value is -3.96. The van der Waals surface area contributed by atoms with Crippen molar-refractivity contribution in [2.24, 2.45) is 0 Å². The Morgan fingerprint density at radius 2 is 1.87 bits per heavy atom. The molecule has 0 aliphatic rings. The summed E-state index contributed by atoms with van der Waals surface area (Å²) in [5, 5.41) is 23.9. The summed E-state index contributed by atoms with van der Waals surface area (Å²) in [5.74, 6) is -0.513. The summed E-state index contributed by atoms with van der Waals surface area (Å²) in [4.78, 5) is 22.3. The highest BCUT2D eigenvalue weighted by Crippen LogP contribution is 2.34. The smallest absolute Gasteiger partial charge is 0.378 e. The van der Waals surface area contributed by atoms with Crippen LogP contribution in [0.5, 0.6) is 0 Å². The van der Waals surface area contributed by atoms with Crippen LogP contribution in [-0.4, -0.2) is 38.9 Å². The molecule has 2 N–H and O–H groups in total. The van der Waals surface area contributed by atoms with Gasteiger partial charge in [-0.1, -0.05) is 23.4 Å². The number of benzene rings is 2. The highest BCUT2D eigenvalue weighted by molar-refractivity contribution is 5.91. The molecule has 0 bridgehead atoms. The minimum atomic E-state index is -4.69. The third kappa shape index (κ3) is 4.90. The van der Waals surface area contributed by atoms with E-state index >= 15 is 0 Å². The topological polar surface area (TPSA) is 115 Å². The molecule has 0 saturated carbocycles. The van der Waals surface area contributed by atoms with Crippen LogP contribution in [0.2, 0.25) is 0 Å². The number of nitro groups is 1. The van der Waals surface area contributed by atoms with Crippen LogP contribution in [0.15, 0.2) is 54.7 Å². The van der Waals surface area contributed by atoms with Crippen LogP contribution < -0.4 is 10.6 Å². The van der Waals surface area contributed by atoms with Crippen molar-refractivity contribution >= 4 is 17.3 Å². The van der Waals surface area contributed by atoms with Gasteiger partial charge in [0.25, 0.3) is 11.6 Å². The summed E-state index contributed by atoms with van der Waals surface area (Å²) in [5.41, 5.74) is -1.12. The van der Waals surface area contributed by atoms with Gasteiger partial charge in [0.15, 0.2) is 5.69 Å². The molecule has 0 atom stereocenters. The van der Waals surface area contributed by atoms with E-state index < -0.39 is 28.3 Å². The maximum absolute atomic E-state index is 12.7. The van der Waals surface area contributed by atoms with E-state index in [0.29, 0.717) is 6.07 Å². The van der Waals surface area contributed by atoms with E-state index in [1.807, 2.05) is 18.2 Å². The van der Waals surface area contributed by atoms with Crippen molar-refractivity contribution in [2.75, 3.05) is 18.4 Å². The molecule has 12 heteroatoms. The van der Waals surface area contributed by atoms with Gasteiger partial charge in [-0.05, 0) is 24.3 Å². The number of carbonyl (C=O) groups excluding carboxylic acids is 1. The molecule has 0 aliphatic heterocycles. The first-order chi connectivity index (χ1) is 14.3. The van der Waals surface area contributed by atoms with E-state index in [1.165, 1.54) is 10.9 Å². The number of carbonyl (C=O) groups is 1. The fourth-order valence-corrected chi connectivity index (χ4v) is 2.55. The summed E-state index contributed by atoms with van der Waals surface area (Å²) in [7, 11) is 0. The van der Waals surface area contributed by atoms with Crippen LogP contribution in [0.3, 0.4) is 0 Å². The van der Waals surface area contributed by atoms with Crippen LogP contribution in [-0.2, 0) is 6.18 Å². The molecule has 9 nitrogen and oxygen atoms in total. The van der Waals surface area contributed by atoms with Crippen molar-refractivity contribution in [1.29, 1.82) is 0 Å². The SMILES string of the molecule is O=C(NCCNc1ccc(C(F)(F)F)cc1[N+](=O)[O-])c1cn(-c2ccccc2)nn1. The highest BCUT2D eigenvalue weighted by Gasteiger charge is 2.33. The third-order valence-corrected chi connectivity index (χ3v) is 3.99. The van der Waals surface area contributed by atoms with Crippen LogP contribution in [0.25, 0.3) is 5.69 Å². The molecular weight excluding hydrogens is 405 g/mol. The van der Waals surface area contributed by atoms with Crippen molar-refractivity contribution in [3.63, 3.8) is 0 Å². The Kier molecular flexibility index (Phi) is 5.95. The van der Waals surface area contributed by atoms with Crippen molar-refractivity contribution in [3.8, 4) is 5.69 Å². The lowest BCUT2D eigenvalue weighted by molar-refractivity contribution is -0.384. The minimum Gasteiger partial charge on any atom is -0.378 e. The second-order valence-corrected chi connectivity index (χ2v) is 6.05. The number of alkyl halides is 3. The van der Waals surface area contributed by atoms with E-state index in [2.05, 4.69) is 20.9 Å². The molecule has 1 amide bonds. The number of amides is 1. The molecule has 0 fully saturated rings. The number of halogens is 3. The summed E-state index contributed by atoms with van der Waals surface area (Å²) < 4.78 is 39.6. The predicted octanol–water partition coefficient (Wildman–Crippen LogP) is 3.04. The number of hydrogen-bond donors (Lipinski definition) is 2. The van der Waals surface area contributed by atoms with Crippen LogP contribution >= 0.6 is 0 Å². The molecular formula is C18H15F3N6O3. The van der Waals surface area contributed by atoms with E-state index in [1.54, 1.807) is 12.1 Å². The third-order valence-electron chi connectivity index (χ3n) is 3.99. The molecule has 0 spiro atoms. The Balaban J connectivity index is 1.57. The first-order valence-electron chi connectivity index (χ1n) is 8.61. The van der Waals surface area contributed by atoms with Crippen LogP contribution in [0.1, 0.15) is 16.1 Å². The van der Waals surface area contributed by atoms with Gasteiger partial charge in [-0.3, -0.25) is 14.9 Å². The molecule has 0 unspecified atom stereocenters. The molecule has 0 saturated heterocycles. The summed E-state index contributed by atoms with van der Waals surface area (Å²) in [6.07, 6.45) is -3.24. The number of rotatable bonds is 7. The molecule has 2 aromatic carbocycles. The largest absolute Gasteiger partial charge is 0.416 e. The van der Waals surface area contributed by atoms with Gasteiger partial charge < -0.3 is 10.6 Å². The predicted molar refractivity (Wildman–Crippen MR) is 100 cm³/mol. The van der Waals surface area contributed by atoms with Gasteiger partial charge in [-0.25, -0.2) is 4.68 Å². The lowest BCUT2D eigenvalue weighted by Crippen LogP contribution is -2.29.